The smallest absolute Gasteiger partial charge is 0.422 e. The van der Waals surface area contributed by atoms with Gasteiger partial charge in [-0.15, -0.1) is 0 Å². The van der Waals surface area contributed by atoms with Gasteiger partial charge in [-0.1, -0.05) is 43.8 Å². The maximum absolute atomic E-state index is 10.9. The van der Waals surface area contributed by atoms with Gasteiger partial charge in [0.25, 0.3) is 0 Å². The Morgan fingerprint density at radius 1 is 1.33 bits per heavy atom. The van der Waals surface area contributed by atoms with Crippen molar-refractivity contribution in [2.24, 2.45) is 0 Å². The third-order valence-corrected chi connectivity index (χ3v) is 2.53. The Hall–Kier alpha value is -1.77. The van der Waals surface area contributed by atoms with Gasteiger partial charge in [0.2, 0.25) is 0 Å². The van der Waals surface area contributed by atoms with Crippen molar-refractivity contribution in [2.45, 2.75) is 18.9 Å². The highest BCUT2D eigenvalue weighted by atomic mass is 16.8. The van der Waals surface area contributed by atoms with E-state index in [9.17, 15) is 4.79 Å². The van der Waals surface area contributed by atoms with Gasteiger partial charge in [-0.05, 0) is 5.56 Å². The fourth-order valence-electron chi connectivity index (χ4n) is 1.67. The van der Waals surface area contributed by atoms with E-state index in [0.717, 1.165) is 5.56 Å². The predicted molar refractivity (Wildman–Crippen MR) is 55.4 cm³/mol. The molecular weight excluding hydrogens is 192 g/mol. The maximum atomic E-state index is 10.9. The van der Waals surface area contributed by atoms with Crippen LogP contribution in [0.1, 0.15) is 18.4 Å². The summed E-state index contributed by atoms with van der Waals surface area (Å²) in [5.74, 6) is 0.446. The molecule has 0 amide bonds. The summed E-state index contributed by atoms with van der Waals surface area (Å²) in [7, 11) is 0. The lowest BCUT2D eigenvalue weighted by atomic mass is 9.95. The Labute approximate surface area is 88.3 Å². The molecule has 0 saturated carbocycles. The molecule has 1 heterocycles. The van der Waals surface area contributed by atoms with Gasteiger partial charge in [0.15, 0.2) is 6.10 Å². The molecule has 0 bridgehead atoms. The van der Waals surface area contributed by atoms with Gasteiger partial charge in [-0.25, -0.2) is 4.79 Å². The first-order chi connectivity index (χ1) is 7.18. The molecule has 0 N–H and O–H groups in total. The Kier molecular flexibility index (Phi) is 2.46. The first kappa shape index (κ1) is 9.77. The summed E-state index contributed by atoms with van der Waals surface area (Å²) in [6.07, 6.45) is -1.03. The molecule has 1 aliphatic heterocycles. The number of hydrogen-bond acceptors (Lipinski definition) is 3. The topological polar surface area (TPSA) is 35.5 Å². The zero-order valence-corrected chi connectivity index (χ0v) is 8.47. The van der Waals surface area contributed by atoms with Crippen LogP contribution in [0.2, 0.25) is 0 Å². The lowest BCUT2D eigenvalue weighted by Crippen LogP contribution is -2.16. The van der Waals surface area contributed by atoms with Crippen LogP contribution in [-0.4, -0.2) is 12.3 Å². The molecule has 1 saturated heterocycles. The highest BCUT2D eigenvalue weighted by Gasteiger charge is 2.34. The minimum atomic E-state index is -0.659. The lowest BCUT2D eigenvalue weighted by Gasteiger charge is -2.16. The SMILES string of the molecule is C=C1OC(=O)O[C@@H]1[C@H](C)c1ccccc1. The molecule has 3 heteroatoms. The molecule has 3 nitrogen and oxygen atoms in total. The van der Waals surface area contributed by atoms with E-state index in [0.29, 0.717) is 5.76 Å². The summed E-state index contributed by atoms with van der Waals surface area (Å²) in [5, 5.41) is 0. The van der Waals surface area contributed by atoms with Crippen LogP contribution in [0.25, 0.3) is 0 Å². The van der Waals surface area contributed by atoms with Crippen molar-refractivity contribution in [2.75, 3.05) is 0 Å². The van der Waals surface area contributed by atoms with E-state index in [2.05, 4.69) is 6.58 Å². The molecule has 78 valence electrons. The van der Waals surface area contributed by atoms with Crippen LogP contribution >= 0.6 is 0 Å². The molecule has 2 rings (SSSR count). The van der Waals surface area contributed by atoms with Crippen LogP contribution in [0.15, 0.2) is 42.7 Å². The number of carbonyl (C=O) groups is 1. The van der Waals surface area contributed by atoms with E-state index in [-0.39, 0.29) is 12.0 Å². The van der Waals surface area contributed by atoms with E-state index in [1.165, 1.54) is 0 Å². The summed E-state index contributed by atoms with van der Waals surface area (Å²) in [6, 6.07) is 9.83. The second-order valence-electron chi connectivity index (χ2n) is 3.56. The van der Waals surface area contributed by atoms with Crippen molar-refractivity contribution < 1.29 is 14.3 Å². The maximum Gasteiger partial charge on any atom is 0.514 e. The zero-order valence-electron chi connectivity index (χ0n) is 8.47. The van der Waals surface area contributed by atoms with Gasteiger partial charge in [-0.3, -0.25) is 0 Å². The van der Waals surface area contributed by atoms with Gasteiger partial charge < -0.3 is 9.47 Å². The van der Waals surface area contributed by atoms with Crippen LogP contribution in [-0.2, 0) is 9.47 Å². The van der Waals surface area contributed by atoms with Crippen molar-refractivity contribution in [3.05, 3.63) is 48.2 Å². The summed E-state index contributed by atoms with van der Waals surface area (Å²) in [6.45, 7) is 5.64. The fraction of sp³-hybridized carbons (Fsp3) is 0.250. The van der Waals surface area contributed by atoms with Gasteiger partial charge in [0.1, 0.15) is 5.76 Å². The molecule has 0 unspecified atom stereocenters. The molecule has 15 heavy (non-hydrogen) atoms. The van der Waals surface area contributed by atoms with E-state index in [4.69, 9.17) is 9.47 Å². The Morgan fingerprint density at radius 3 is 2.53 bits per heavy atom. The van der Waals surface area contributed by atoms with Crippen LogP contribution in [0.5, 0.6) is 0 Å². The highest BCUT2D eigenvalue weighted by Crippen LogP contribution is 2.30. The normalized spacial score (nSPS) is 22.1. The molecular formula is C12H12O3. The molecule has 1 aromatic carbocycles. The molecule has 0 aromatic heterocycles. The minimum absolute atomic E-state index is 0.0603. The largest absolute Gasteiger partial charge is 0.514 e. The molecule has 1 aliphatic rings. The first-order valence-electron chi connectivity index (χ1n) is 4.80. The molecule has 1 fully saturated rings. The number of carbonyl (C=O) groups excluding carboxylic acids is 1. The van der Waals surface area contributed by atoms with Crippen LogP contribution < -0.4 is 0 Å². The standard InChI is InChI=1S/C12H12O3/c1-8(10-6-4-3-5-7-10)11-9(2)14-12(13)15-11/h3-8,11H,2H2,1H3/t8-,11-/m1/s1. The number of benzene rings is 1. The van der Waals surface area contributed by atoms with Gasteiger partial charge >= 0.3 is 6.16 Å². The van der Waals surface area contributed by atoms with Crippen LogP contribution in [0, 0.1) is 0 Å². The minimum Gasteiger partial charge on any atom is -0.422 e. The van der Waals surface area contributed by atoms with E-state index in [1.807, 2.05) is 37.3 Å². The van der Waals surface area contributed by atoms with Gasteiger partial charge in [-0.2, -0.15) is 0 Å². The Balaban J connectivity index is 2.18. The molecule has 2 atom stereocenters. The average Bonchev–Trinajstić information content (AvgIpc) is 2.58. The summed E-state index contributed by atoms with van der Waals surface area (Å²) in [5.41, 5.74) is 1.10. The van der Waals surface area contributed by atoms with Crippen molar-refractivity contribution >= 4 is 6.16 Å². The number of rotatable bonds is 2. The number of cyclic esters (lactones) is 2. The fourth-order valence-corrected chi connectivity index (χ4v) is 1.67. The average molecular weight is 204 g/mol. The Bertz CT molecular complexity index is 383. The Morgan fingerprint density at radius 2 is 2.00 bits per heavy atom. The molecule has 1 aromatic rings. The third kappa shape index (κ3) is 1.86. The monoisotopic (exact) mass is 204 g/mol. The van der Waals surface area contributed by atoms with E-state index < -0.39 is 6.16 Å². The van der Waals surface area contributed by atoms with E-state index >= 15 is 0 Å². The van der Waals surface area contributed by atoms with Gasteiger partial charge in [0.05, 0.1) is 0 Å². The lowest BCUT2D eigenvalue weighted by molar-refractivity contribution is 0.112. The van der Waals surface area contributed by atoms with Crippen molar-refractivity contribution in [1.82, 2.24) is 0 Å². The van der Waals surface area contributed by atoms with Gasteiger partial charge in [0, 0.05) is 5.92 Å². The molecule has 0 aliphatic carbocycles. The summed E-state index contributed by atoms with van der Waals surface area (Å²) in [4.78, 5) is 10.9. The first-order valence-corrected chi connectivity index (χ1v) is 4.80. The predicted octanol–water partition coefficient (Wildman–Crippen LogP) is 2.84. The molecule has 0 spiro atoms. The van der Waals surface area contributed by atoms with Crippen LogP contribution in [0.3, 0.4) is 0 Å². The van der Waals surface area contributed by atoms with Crippen LogP contribution in [0.4, 0.5) is 4.79 Å². The quantitative estimate of drug-likeness (QED) is 0.695. The summed E-state index contributed by atoms with van der Waals surface area (Å²) >= 11 is 0. The second kappa shape index (κ2) is 3.77. The van der Waals surface area contributed by atoms with Crippen molar-refractivity contribution in [1.29, 1.82) is 0 Å². The summed E-state index contributed by atoms with van der Waals surface area (Å²) < 4.78 is 9.79. The molecule has 0 radical (unpaired) electrons. The number of ether oxygens (including phenoxy) is 2. The van der Waals surface area contributed by atoms with Crippen molar-refractivity contribution in [3.63, 3.8) is 0 Å². The third-order valence-electron chi connectivity index (χ3n) is 2.53. The van der Waals surface area contributed by atoms with Crippen molar-refractivity contribution in [3.8, 4) is 0 Å². The highest BCUT2D eigenvalue weighted by molar-refractivity contribution is 5.65. The van der Waals surface area contributed by atoms with E-state index in [1.54, 1.807) is 0 Å². The number of hydrogen-bond donors (Lipinski definition) is 0. The second-order valence-corrected chi connectivity index (χ2v) is 3.56. The zero-order chi connectivity index (χ0) is 10.8.